The van der Waals surface area contributed by atoms with Crippen molar-refractivity contribution >= 4 is 16.9 Å². The molecule has 218 valence electrons. The third kappa shape index (κ3) is 6.24. The van der Waals surface area contributed by atoms with Crippen LogP contribution in [0.3, 0.4) is 0 Å². The van der Waals surface area contributed by atoms with Gasteiger partial charge in [0.25, 0.3) is 0 Å². The van der Waals surface area contributed by atoms with Crippen LogP contribution in [0.25, 0.3) is 33.8 Å². The van der Waals surface area contributed by atoms with Gasteiger partial charge in [-0.05, 0) is 70.8 Å². The number of nitrogens with zero attached hydrogens (tertiary/aromatic N) is 7. The summed E-state index contributed by atoms with van der Waals surface area (Å²) in [5.74, 6) is 1.99. The van der Waals surface area contributed by atoms with Crippen LogP contribution in [0.5, 0.6) is 0 Å². The highest BCUT2D eigenvalue weighted by Gasteiger charge is 2.36. The van der Waals surface area contributed by atoms with Crippen molar-refractivity contribution in [3.8, 4) is 22.8 Å². The maximum atomic E-state index is 6.30. The molecule has 5 heterocycles. The van der Waals surface area contributed by atoms with Crippen LogP contribution in [0.15, 0.2) is 23.2 Å². The first kappa shape index (κ1) is 27.7. The molecule has 0 spiro atoms. The highest BCUT2D eigenvalue weighted by molar-refractivity contribution is 6.00. The Labute approximate surface area is 239 Å². The van der Waals surface area contributed by atoms with Gasteiger partial charge in [-0.25, -0.2) is 24.6 Å². The maximum absolute atomic E-state index is 6.30. The zero-order valence-corrected chi connectivity index (χ0v) is 23.8. The molecule has 1 aliphatic heterocycles. The molecule has 1 atom stereocenters. The number of unbranched alkanes of at least 4 members (excludes halogenated alkanes) is 1. The van der Waals surface area contributed by atoms with Gasteiger partial charge in [-0.15, -0.1) is 0 Å². The van der Waals surface area contributed by atoms with E-state index in [0.29, 0.717) is 59.8 Å². The number of anilines is 1. The molecule has 41 heavy (non-hydrogen) atoms. The van der Waals surface area contributed by atoms with Crippen molar-refractivity contribution in [2.45, 2.75) is 83.5 Å². The van der Waals surface area contributed by atoms with E-state index in [2.05, 4.69) is 15.1 Å². The molecule has 0 aromatic carbocycles. The highest BCUT2D eigenvalue weighted by Crippen LogP contribution is 2.47. The average molecular weight is 563 g/mol. The van der Waals surface area contributed by atoms with Gasteiger partial charge in [0.2, 0.25) is 0 Å². The second-order valence-corrected chi connectivity index (χ2v) is 11.0. The fourth-order valence-corrected chi connectivity index (χ4v) is 5.09. The van der Waals surface area contributed by atoms with Crippen LogP contribution in [-0.4, -0.2) is 67.6 Å². The molecule has 0 radical (unpaired) electrons. The van der Waals surface area contributed by atoms with E-state index in [1.54, 1.807) is 0 Å². The minimum Gasteiger partial charge on any atom is -0.383 e. The summed E-state index contributed by atoms with van der Waals surface area (Å²) in [4.78, 5) is 18.1. The van der Waals surface area contributed by atoms with E-state index in [0.717, 1.165) is 68.4 Å². The normalized spacial score (nSPS) is 17.6. The van der Waals surface area contributed by atoms with Crippen molar-refractivity contribution in [1.29, 1.82) is 0 Å². The molecule has 1 saturated heterocycles. The third-order valence-corrected chi connectivity index (χ3v) is 7.49. The Kier molecular flexibility index (Phi) is 8.49. The lowest BCUT2D eigenvalue weighted by Crippen LogP contribution is -2.22. The van der Waals surface area contributed by atoms with Crippen LogP contribution >= 0.6 is 0 Å². The van der Waals surface area contributed by atoms with Gasteiger partial charge in [0.05, 0.1) is 17.6 Å². The van der Waals surface area contributed by atoms with Crippen molar-refractivity contribution < 1.29 is 18.7 Å². The van der Waals surface area contributed by atoms with Gasteiger partial charge in [-0.1, -0.05) is 5.16 Å². The highest BCUT2D eigenvalue weighted by atomic mass is 16.7. The van der Waals surface area contributed by atoms with Crippen molar-refractivity contribution in [2.24, 2.45) is 0 Å². The molecule has 2 N–H and O–H groups in total. The summed E-state index contributed by atoms with van der Waals surface area (Å²) in [6, 6.07) is 0.0704. The summed E-state index contributed by atoms with van der Waals surface area (Å²) in [5.41, 5.74) is 9.86. The summed E-state index contributed by atoms with van der Waals surface area (Å²) in [6.45, 7) is 6.92. The Morgan fingerprint density at radius 3 is 2.59 bits per heavy atom. The Bertz CT molecular complexity index is 1440. The second-order valence-electron chi connectivity index (χ2n) is 11.0. The summed E-state index contributed by atoms with van der Waals surface area (Å²) < 4.78 is 24.9. The first-order chi connectivity index (χ1) is 20.1. The average Bonchev–Trinajstić information content (AvgIpc) is 3.61. The summed E-state index contributed by atoms with van der Waals surface area (Å²) in [5, 5.41) is 9.95. The number of nitrogens with two attached hydrogens (primary N) is 1. The van der Waals surface area contributed by atoms with Crippen LogP contribution in [0.1, 0.15) is 82.1 Å². The zero-order chi connectivity index (χ0) is 28.2. The lowest BCUT2D eigenvalue weighted by molar-refractivity contribution is -0.163. The Morgan fingerprint density at radius 2 is 1.83 bits per heavy atom. The van der Waals surface area contributed by atoms with E-state index in [1.165, 1.54) is 12.7 Å². The van der Waals surface area contributed by atoms with Crippen LogP contribution in [0.2, 0.25) is 0 Å². The standard InChI is InChI=1S/C29H38N8O4/c1-18(2)37-29-23(27(30)33-17-34-29)24(35-37)25-22(26(41-36-25)20-8-9-20)28-31-15-19(16-32-28)10-14-38-11-5-6-13-40-21-7-3-4-12-39-21/h15-18,20-21H,3-14H2,1-2H3,(H2,30,33,34). The quantitative estimate of drug-likeness (QED) is 0.223. The fraction of sp³-hybridized carbons (Fsp3) is 0.586. The van der Waals surface area contributed by atoms with Gasteiger partial charge in [0.15, 0.2) is 23.5 Å². The van der Waals surface area contributed by atoms with Crippen molar-refractivity contribution in [2.75, 3.05) is 32.2 Å². The number of nitrogen functional groups attached to an aromatic ring is 1. The predicted octanol–water partition coefficient (Wildman–Crippen LogP) is 4.86. The summed E-state index contributed by atoms with van der Waals surface area (Å²) in [7, 11) is 0. The second kappa shape index (κ2) is 12.6. The smallest absolute Gasteiger partial charge is 0.165 e. The molecule has 1 unspecified atom stereocenters. The molecule has 4 aromatic heterocycles. The molecule has 0 amide bonds. The predicted molar refractivity (Wildman–Crippen MR) is 152 cm³/mol. The Morgan fingerprint density at radius 1 is 1.00 bits per heavy atom. The van der Waals surface area contributed by atoms with E-state index < -0.39 is 0 Å². The van der Waals surface area contributed by atoms with E-state index >= 15 is 0 Å². The van der Waals surface area contributed by atoms with Crippen LogP contribution in [0.4, 0.5) is 5.82 Å². The molecular formula is C29H38N8O4. The minimum absolute atomic E-state index is 0.0225. The molecule has 6 rings (SSSR count). The molecule has 4 aromatic rings. The lowest BCUT2D eigenvalue weighted by atomic mass is 10.1. The topological polar surface area (TPSA) is 149 Å². The fourth-order valence-electron chi connectivity index (χ4n) is 5.09. The minimum atomic E-state index is -0.0225. The van der Waals surface area contributed by atoms with Crippen molar-refractivity contribution in [1.82, 2.24) is 34.9 Å². The molecule has 1 saturated carbocycles. The third-order valence-electron chi connectivity index (χ3n) is 7.49. The van der Waals surface area contributed by atoms with E-state index in [-0.39, 0.29) is 12.3 Å². The maximum Gasteiger partial charge on any atom is 0.165 e. The van der Waals surface area contributed by atoms with Gasteiger partial charge < -0.3 is 24.5 Å². The van der Waals surface area contributed by atoms with Gasteiger partial charge in [-0.2, -0.15) is 5.10 Å². The van der Waals surface area contributed by atoms with Crippen molar-refractivity contribution in [3.63, 3.8) is 0 Å². The molecule has 12 heteroatoms. The first-order valence-electron chi connectivity index (χ1n) is 14.7. The van der Waals surface area contributed by atoms with Crippen LogP contribution < -0.4 is 5.73 Å². The molecule has 2 fully saturated rings. The largest absolute Gasteiger partial charge is 0.383 e. The SMILES string of the molecule is CC(C)n1nc(-c2noc(C3CC3)c2-c2ncc(CCOCCCCOC3CCCCO3)cn2)c2c(N)ncnc21. The monoisotopic (exact) mass is 562 g/mol. The summed E-state index contributed by atoms with van der Waals surface area (Å²) in [6.07, 6.45) is 13.2. The molecule has 1 aliphatic carbocycles. The van der Waals surface area contributed by atoms with E-state index in [9.17, 15) is 0 Å². The Balaban J connectivity index is 1.10. The van der Waals surface area contributed by atoms with Crippen LogP contribution in [-0.2, 0) is 20.6 Å². The van der Waals surface area contributed by atoms with Gasteiger partial charge >= 0.3 is 0 Å². The number of aromatic nitrogens is 7. The Hall–Kier alpha value is -3.48. The number of ether oxygens (including phenoxy) is 3. The number of fused-ring (bicyclic) bond motifs is 1. The van der Waals surface area contributed by atoms with E-state index in [1.807, 2.05) is 30.9 Å². The van der Waals surface area contributed by atoms with Gasteiger partial charge in [0, 0.05) is 44.2 Å². The molecular weight excluding hydrogens is 524 g/mol. The van der Waals surface area contributed by atoms with Crippen molar-refractivity contribution in [3.05, 3.63) is 30.0 Å². The first-order valence-corrected chi connectivity index (χ1v) is 14.7. The van der Waals surface area contributed by atoms with Gasteiger partial charge in [0.1, 0.15) is 23.5 Å². The molecule has 2 aliphatic rings. The number of hydrogen-bond acceptors (Lipinski definition) is 11. The van der Waals surface area contributed by atoms with Crippen LogP contribution in [0, 0.1) is 0 Å². The summed E-state index contributed by atoms with van der Waals surface area (Å²) >= 11 is 0. The molecule has 12 nitrogen and oxygen atoms in total. The number of rotatable bonds is 13. The van der Waals surface area contributed by atoms with E-state index in [4.69, 9.17) is 39.5 Å². The zero-order valence-electron chi connectivity index (χ0n) is 23.8. The lowest BCUT2D eigenvalue weighted by Gasteiger charge is -2.22. The molecule has 0 bridgehead atoms. The van der Waals surface area contributed by atoms with Gasteiger partial charge in [-0.3, -0.25) is 0 Å². The number of hydrogen-bond donors (Lipinski definition) is 1.